The van der Waals surface area contributed by atoms with Gasteiger partial charge in [-0.3, -0.25) is 14.4 Å². The number of hydrogen-bond acceptors (Lipinski definition) is 6. The van der Waals surface area contributed by atoms with Crippen molar-refractivity contribution in [1.29, 1.82) is 0 Å². The molecule has 0 aromatic carbocycles. The van der Waals surface area contributed by atoms with Crippen LogP contribution in [0.3, 0.4) is 0 Å². The molecule has 0 N–H and O–H groups in total. The molecular formula is C69H102O6. The monoisotopic (exact) mass is 1030 g/mol. The summed E-state index contributed by atoms with van der Waals surface area (Å²) in [5.41, 5.74) is 0. The van der Waals surface area contributed by atoms with Crippen LogP contribution in [0.4, 0.5) is 0 Å². The van der Waals surface area contributed by atoms with Crippen LogP contribution in [0.1, 0.15) is 201 Å². The van der Waals surface area contributed by atoms with E-state index in [0.29, 0.717) is 19.3 Å². The Morgan fingerprint density at radius 1 is 0.280 bits per heavy atom. The van der Waals surface area contributed by atoms with Crippen LogP contribution >= 0.6 is 0 Å². The van der Waals surface area contributed by atoms with E-state index in [9.17, 15) is 14.4 Å². The van der Waals surface area contributed by atoms with Crippen LogP contribution < -0.4 is 0 Å². The molecule has 0 saturated carbocycles. The lowest BCUT2D eigenvalue weighted by atomic mass is 10.1. The number of hydrogen-bond donors (Lipinski definition) is 0. The third-order valence-corrected chi connectivity index (χ3v) is 11.1. The number of rotatable bonds is 49. The van der Waals surface area contributed by atoms with Gasteiger partial charge in [0.05, 0.1) is 6.42 Å². The summed E-state index contributed by atoms with van der Waals surface area (Å²) in [6.45, 7) is 6.12. The van der Waals surface area contributed by atoms with Crippen molar-refractivity contribution in [2.24, 2.45) is 0 Å². The van der Waals surface area contributed by atoms with Crippen LogP contribution in [-0.4, -0.2) is 37.2 Å². The Labute approximate surface area is 458 Å². The molecule has 0 aliphatic rings. The Morgan fingerprint density at radius 3 is 0.907 bits per heavy atom. The molecule has 6 nitrogen and oxygen atoms in total. The van der Waals surface area contributed by atoms with Crippen molar-refractivity contribution >= 4 is 17.9 Å². The highest BCUT2D eigenvalue weighted by atomic mass is 16.6. The second kappa shape index (κ2) is 60.8. The molecule has 0 aliphatic carbocycles. The van der Waals surface area contributed by atoms with E-state index >= 15 is 0 Å². The molecule has 1 unspecified atom stereocenters. The maximum absolute atomic E-state index is 12.8. The molecule has 414 valence electrons. The standard InChI is InChI=1S/C69H102O6/c1-4-7-10-13-16-19-22-25-28-30-31-32-33-34-35-36-37-39-41-44-47-50-53-56-59-62-68(71)74-65-66(64-73-67(70)61-58-55-52-49-46-43-40-27-24-21-18-15-12-9-6-3)75-69(72)63-60-57-54-51-48-45-42-38-29-26-23-20-17-14-11-8-5-2/h7-12,16-21,25-29,31-32,34-35,37,39-40,42,45-46,49,51,54-55,58,66H,4-6,13-15,22-24,30,33,36,38,41,43-44,47-48,50,52-53,56-57,59-65H2,1-3H3/b10-7-,11-8-,12-9-,19-16-,20-17-,21-18-,28-25-,29-26-,32-31-,35-34-,39-37-,40-27-,45-42-,49-46-,54-51-,58-55-. The molecule has 0 radical (unpaired) electrons. The van der Waals surface area contributed by atoms with Gasteiger partial charge in [0.25, 0.3) is 0 Å². The van der Waals surface area contributed by atoms with Gasteiger partial charge in [-0.1, -0.05) is 241 Å². The van der Waals surface area contributed by atoms with Gasteiger partial charge in [0.1, 0.15) is 13.2 Å². The van der Waals surface area contributed by atoms with Crippen LogP contribution in [0.5, 0.6) is 0 Å². The van der Waals surface area contributed by atoms with Gasteiger partial charge in [0.15, 0.2) is 6.10 Å². The fraction of sp³-hybridized carbons (Fsp3) is 0.493. The molecule has 75 heavy (non-hydrogen) atoms. The molecule has 0 aliphatic heterocycles. The SMILES string of the molecule is CC/C=C\C/C=C\C/C=C\C/C=C\C/C=C\C/C=C\CCCCCCCCC(=O)OCC(COC(=O)C/C=C\C/C=C\C/C=C\C/C=C\C/C=C\CC)OC(=O)CCC/C=C\C/C=C\C/C=C\C/C=C\C/C=C\CC. The van der Waals surface area contributed by atoms with Gasteiger partial charge in [-0.05, 0) is 135 Å². The van der Waals surface area contributed by atoms with Crippen LogP contribution in [0.2, 0.25) is 0 Å². The number of allylic oxidation sites excluding steroid dienone is 31. The average molecular weight is 1030 g/mol. The molecule has 0 fully saturated rings. The molecular weight excluding hydrogens is 925 g/mol. The number of ether oxygens (including phenoxy) is 3. The third-order valence-electron chi connectivity index (χ3n) is 11.1. The smallest absolute Gasteiger partial charge is 0.309 e. The predicted octanol–water partition coefficient (Wildman–Crippen LogP) is 19.9. The Kier molecular flexibility index (Phi) is 56.1. The Bertz CT molecular complexity index is 1850. The van der Waals surface area contributed by atoms with Crippen LogP contribution in [0.25, 0.3) is 0 Å². The fourth-order valence-electron chi connectivity index (χ4n) is 6.91. The van der Waals surface area contributed by atoms with E-state index < -0.39 is 18.0 Å². The number of esters is 3. The zero-order valence-corrected chi connectivity index (χ0v) is 47.2. The second-order valence-electron chi connectivity index (χ2n) is 18.1. The normalized spacial score (nSPS) is 13.6. The van der Waals surface area contributed by atoms with E-state index in [4.69, 9.17) is 14.2 Å². The molecule has 0 rings (SSSR count). The molecule has 0 amide bonds. The zero-order chi connectivity index (χ0) is 54.3. The van der Waals surface area contributed by atoms with Crippen molar-refractivity contribution in [3.63, 3.8) is 0 Å². The minimum atomic E-state index is -0.867. The highest BCUT2D eigenvalue weighted by Gasteiger charge is 2.19. The molecule has 0 aromatic heterocycles. The molecule has 0 aromatic rings. The Balaban J connectivity index is 4.60. The highest BCUT2D eigenvalue weighted by Crippen LogP contribution is 2.11. The lowest BCUT2D eigenvalue weighted by molar-refractivity contribution is -0.166. The fourth-order valence-corrected chi connectivity index (χ4v) is 6.91. The Morgan fingerprint density at radius 2 is 0.547 bits per heavy atom. The first-order valence-corrected chi connectivity index (χ1v) is 28.9. The molecule has 6 heteroatoms. The summed E-state index contributed by atoms with van der Waals surface area (Å²) in [6.07, 6.45) is 93.1. The number of carbonyl (C=O) groups is 3. The summed E-state index contributed by atoms with van der Waals surface area (Å²) in [5, 5.41) is 0. The van der Waals surface area contributed by atoms with Crippen molar-refractivity contribution in [3.8, 4) is 0 Å². The molecule has 1 atom stereocenters. The first kappa shape index (κ1) is 69.2. The lowest BCUT2D eigenvalue weighted by Crippen LogP contribution is -2.30. The third kappa shape index (κ3) is 59.0. The largest absolute Gasteiger partial charge is 0.462 e. The summed E-state index contributed by atoms with van der Waals surface area (Å²) >= 11 is 0. The lowest BCUT2D eigenvalue weighted by Gasteiger charge is -2.18. The van der Waals surface area contributed by atoms with E-state index in [1.54, 1.807) is 6.08 Å². The van der Waals surface area contributed by atoms with Crippen LogP contribution in [0.15, 0.2) is 194 Å². The minimum absolute atomic E-state index is 0.101. The highest BCUT2D eigenvalue weighted by molar-refractivity contribution is 5.72. The second-order valence-corrected chi connectivity index (χ2v) is 18.1. The summed E-state index contributed by atoms with van der Waals surface area (Å²) in [4.78, 5) is 38.1. The maximum Gasteiger partial charge on any atom is 0.309 e. The average Bonchev–Trinajstić information content (AvgIpc) is 3.41. The Hall–Kier alpha value is -5.75. The summed E-state index contributed by atoms with van der Waals surface area (Å²) < 4.78 is 16.7. The molecule has 0 saturated heterocycles. The summed E-state index contributed by atoms with van der Waals surface area (Å²) in [7, 11) is 0. The van der Waals surface area contributed by atoms with E-state index in [1.807, 2.05) is 6.08 Å². The van der Waals surface area contributed by atoms with Gasteiger partial charge in [-0.25, -0.2) is 0 Å². The predicted molar refractivity (Wildman–Crippen MR) is 324 cm³/mol. The minimum Gasteiger partial charge on any atom is -0.462 e. The maximum atomic E-state index is 12.8. The first-order valence-electron chi connectivity index (χ1n) is 28.9. The van der Waals surface area contributed by atoms with Crippen molar-refractivity contribution in [1.82, 2.24) is 0 Å². The topological polar surface area (TPSA) is 78.9 Å². The van der Waals surface area contributed by atoms with Crippen LogP contribution in [-0.2, 0) is 28.6 Å². The first-order chi connectivity index (χ1) is 37.0. The van der Waals surface area contributed by atoms with E-state index in [1.165, 1.54) is 12.8 Å². The van der Waals surface area contributed by atoms with E-state index in [0.717, 1.165) is 135 Å². The van der Waals surface area contributed by atoms with Gasteiger partial charge >= 0.3 is 17.9 Å². The van der Waals surface area contributed by atoms with Gasteiger partial charge in [0, 0.05) is 12.8 Å². The van der Waals surface area contributed by atoms with Gasteiger partial charge < -0.3 is 14.2 Å². The van der Waals surface area contributed by atoms with E-state index in [-0.39, 0.29) is 32.0 Å². The quantitative estimate of drug-likeness (QED) is 0.0261. The molecule has 0 bridgehead atoms. The molecule has 0 heterocycles. The van der Waals surface area contributed by atoms with Gasteiger partial charge in [-0.2, -0.15) is 0 Å². The van der Waals surface area contributed by atoms with Crippen LogP contribution in [0, 0.1) is 0 Å². The van der Waals surface area contributed by atoms with Crippen molar-refractivity contribution in [2.45, 2.75) is 207 Å². The number of carbonyl (C=O) groups excluding carboxylic acids is 3. The van der Waals surface area contributed by atoms with Crippen molar-refractivity contribution in [3.05, 3.63) is 194 Å². The van der Waals surface area contributed by atoms with Crippen molar-refractivity contribution in [2.75, 3.05) is 13.2 Å². The summed E-state index contributed by atoms with van der Waals surface area (Å²) in [5.74, 6) is -1.17. The van der Waals surface area contributed by atoms with Gasteiger partial charge in [0.2, 0.25) is 0 Å². The summed E-state index contributed by atoms with van der Waals surface area (Å²) in [6, 6.07) is 0. The number of unbranched alkanes of at least 4 members (excludes halogenated alkanes) is 7. The molecule has 0 spiro atoms. The zero-order valence-electron chi connectivity index (χ0n) is 47.2. The van der Waals surface area contributed by atoms with E-state index in [2.05, 4.69) is 203 Å². The van der Waals surface area contributed by atoms with Crippen molar-refractivity contribution < 1.29 is 28.6 Å². The van der Waals surface area contributed by atoms with Gasteiger partial charge in [-0.15, -0.1) is 0 Å².